The first kappa shape index (κ1) is 23.5. The molecule has 0 spiro atoms. The van der Waals surface area contributed by atoms with Crippen LogP contribution in [0.2, 0.25) is 10.0 Å². The Morgan fingerprint density at radius 3 is 2.24 bits per heavy atom. The van der Waals surface area contributed by atoms with Crippen LogP contribution < -0.4 is 25.8 Å². The van der Waals surface area contributed by atoms with Gasteiger partial charge in [0.25, 0.3) is 0 Å². The summed E-state index contributed by atoms with van der Waals surface area (Å²) in [5.41, 5.74) is 6.32. The van der Waals surface area contributed by atoms with Crippen molar-refractivity contribution in [1.82, 2.24) is 0 Å². The number of ether oxygens (including phenoxy) is 2. The minimum Gasteiger partial charge on any atom is -0.497 e. The number of primary amides is 1. The summed E-state index contributed by atoms with van der Waals surface area (Å²) in [7, 11) is 2.98. The fourth-order valence-corrected chi connectivity index (χ4v) is 4.99. The number of carbonyl (C=O) groups is 2. The van der Waals surface area contributed by atoms with Crippen molar-refractivity contribution in [2.75, 3.05) is 24.9 Å². The average molecular weight is 502 g/mol. The monoisotopic (exact) mass is 501 g/mol. The van der Waals surface area contributed by atoms with Gasteiger partial charge >= 0.3 is 5.97 Å². The van der Waals surface area contributed by atoms with E-state index in [1.54, 1.807) is 42.5 Å². The molecule has 34 heavy (non-hydrogen) atoms. The molecule has 2 unspecified atom stereocenters. The number of methoxy groups -OCH3 is 2. The lowest BCUT2D eigenvalue weighted by Gasteiger charge is -2.39. The molecule has 0 saturated carbocycles. The predicted molar refractivity (Wildman–Crippen MR) is 130 cm³/mol. The first-order valence-electron chi connectivity index (χ1n) is 10.1. The van der Waals surface area contributed by atoms with E-state index in [2.05, 4.69) is 10.6 Å². The molecule has 3 aromatic rings. The molecule has 0 radical (unpaired) electrons. The molecule has 0 saturated heterocycles. The van der Waals surface area contributed by atoms with E-state index in [-0.39, 0.29) is 15.6 Å². The van der Waals surface area contributed by atoms with Gasteiger partial charge in [0.1, 0.15) is 17.4 Å². The number of halogens is 2. The number of fused-ring (bicyclic) bond motifs is 1. The minimum atomic E-state index is -1.49. The topological polar surface area (TPSA) is 123 Å². The van der Waals surface area contributed by atoms with E-state index < -0.39 is 23.5 Å². The van der Waals surface area contributed by atoms with Gasteiger partial charge in [-0.1, -0.05) is 29.3 Å². The van der Waals surface area contributed by atoms with Crippen LogP contribution in [0, 0.1) is 0 Å². The molecule has 4 rings (SSSR count). The van der Waals surface area contributed by atoms with Crippen LogP contribution in [0.15, 0.2) is 54.6 Å². The zero-order valence-corrected chi connectivity index (χ0v) is 19.7. The molecule has 5 N–H and O–H groups in total. The first-order chi connectivity index (χ1) is 16.2. The van der Waals surface area contributed by atoms with Crippen molar-refractivity contribution in [3.63, 3.8) is 0 Å². The predicted octanol–water partition coefficient (Wildman–Crippen LogP) is 4.67. The Morgan fingerprint density at radius 1 is 0.971 bits per heavy atom. The highest BCUT2D eigenvalue weighted by atomic mass is 35.5. The number of carboxylic acids is 1. The molecule has 1 heterocycles. The van der Waals surface area contributed by atoms with Crippen LogP contribution in [-0.4, -0.2) is 31.2 Å². The second-order valence-corrected chi connectivity index (χ2v) is 8.48. The number of anilines is 2. The summed E-state index contributed by atoms with van der Waals surface area (Å²) in [6.07, 6.45) is 0. The van der Waals surface area contributed by atoms with Crippen LogP contribution in [-0.2, 0) is 10.5 Å². The lowest BCUT2D eigenvalue weighted by molar-refractivity contribution is -0.120. The van der Waals surface area contributed by atoms with E-state index in [0.29, 0.717) is 34.0 Å². The Hall–Kier alpha value is -3.62. The van der Waals surface area contributed by atoms with Gasteiger partial charge in [-0.15, -0.1) is 0 Å². The highest BCUT2D eigenvalue weighted by molar-refractivity contribution is 6.36. The Balaban J connectivity index is 2.02. The number of nitrogens with two attached hydrogens (primary N) is 1. The van der Waals surface area contributed by atoms with Gasteiger partial charge in [-0.2, -0.15) is 0 Å². The quantitative estimate of drug-likeness (QED) is 0.370. The second-order valence-electron chi connectivity index (χ2n) is 7.66. The highest BCUT2D eigenvalue weighted by Crippen LogP contribution is 2.52. The van der Waals surface area contributed by atoms with Gasteiger partial charge in [0, 0.05) is 21.2 Å². The number of benzene rings is 3. The number of rotatable bonds is 7. The summed E-state index contributed by atoms with van der Waals surface area (Å²) >= 11 is 13.3. The zero-order chi connectivity index (χ0) is 24.6. The van der Waals surface area contributed by atoms with Crippen LogP contribution >= 0.6 is 23.2 Å². The summed E-state index contributed by atoms with van der Waals surface area (Å²) in [5.74, 6) is -2.08. The molecule has 3 aromatic carbocycles. The lowest BCUT2D eigenvalue weighted by atomic mass is 9.80. The molecule has 1 aliphatic rings. The van der Waals surface area contributed by atoms with Crippen LogP contribution in [0.3, 0.4) is 0 Å². The van der Waals surface area contributed by atoms with Gasteiger partial charge in [0.15, 0.2) is 5.66 Å². The average Bonchev–Trinajstić information content (AvgIpc) is 3.17. The molecule has 0 bridgehead atoms. The molecule has 1 aliphatic heterocycles. The Bertz CT molecular complexity index is 1280. The molecule has 1 amide bonds. The number of hydrogen-bond acceptors (Lipinski definition) is 6. The summed E-state index contributed by atoms with van der Waals surface area (Å²) in [5, 5.41) is 16.6. The number of carboxylic acid groups (broad SMARTS) is 1. The first-order valence-corrected chi connectivity index (χ1v) is 10.9. The van der Waals surface area contributed by atoms with Gasteiger partial charge in [-0.25, -0.2) is 4.79 Å². The SMILES string of the molecule is COc1ccc(OC)c(C(C(N)=O)C2(c3c(Cl)cccc3Cl)Nc3ccc(C(=O)O)cc3N2)c1. The third-order valence-electron chi connectivity index (χ3n) is 5.75. The van der Waals surface area contributed by atoms with E-state index in [0.717, 1.165) is 0 Å². The number of nitrogens with one attached hydrogen (secondary N) is 2. The molecule has 10 heteroatoms. The number of hydrogen-bond donors (Lipinski definition) is 4. The summed E-state index contributed by atoms with van der Waals surface area (Å²) in [4.78, 5) is 24.7. The summed E-state index contributed by atoms with van der Waals surface area (Å²) < 4.78 is 10.9. The van der Waals surface area contributed by atoms with Crippen LogP contribution in [0.25, 0.3) is 0 Å². The van der Waals surface area contributed by atoms with Crippen molar-refractivity contribution < 1.29 is 24.2 Å². The molecule has 176 valence electrons. The lowest BCUT2D eigenvalue weighted by Crippen LogP contribution is -2.50. The van der Waals surface area contributed by atoms with Gasteiger partial charge in [0.05, 0.1) is 31.2 Å². The normalized spacial score (nSPS) is 17.2. The molecular weight excluding hydrogens is 481 g/mol. The van der Waals surface area contributed by atoms with Crippen molar-refractivity contribution in [3.8, 4) is 11.5 Å². The zero-order valence-electron chi connectivity index (χ0n) is 18.2. The van der Waals surface area contributed by atoms with Crippen molar-refractivity contribution >= 4 is 46.5 Å². The highest BCUT2D eigenvalue weighted by Gasteiger charge is 2.52. The summed E-state index contributed by atoms with van der Waals surface area (Å²) in [6.45, 7) is 0. The standard InChI is InChI=1S/C24H21Cl2N3O5/c1-33-13-7-9-19(34-2)14(11-13)20(22(27)30)24(21-15(25)4-3-5-16(21)26)28-17-8-6-12(23(31)32)10-18(17)29-24/h3-11,20,28-29H,1-2H3,(H2,27,30)(H,31,32). The largest absolute Gasteiger partial charge is 0.497 e. The van der Waals surface area contributed by atoms with Gasteiger partial charge in [-0.05, 0) is 48.5 Å². The van der Waals surface area contributed by atoms with Crippen molar-refractivity contribution in [3.05, 3.63) is 81.3 Å². The third kappa shape index (κ3) is 3.85. The van der Waals surface area contributed by atoms with Crippen LogP contribution in [0.4, 0.5) is 11.4 Å². The van der Waals surface area contributed by atoms with E-state index >= 15 is 0 Å². The molecule has 0 fully saturated rings. The van der Waals surface area contributed by atoms with Crippen LogP contribution in [0.1, 0.15) is 27.4 Å². The third-order valence-corrected chi connectivity index (χ3v) is 6.38. The van der Waals surface area contributed by atoms with Gasteiger partial charge in [-0.3, -0.25) is 4.79 Å². The van der Waals surface area contributed by atoms with E-state index in [1.807, 2.05) is 0 Å². The Morgan fingerprint density at radius 2 is 1.65 bits per heavy atom. The van der Waals surface area contributed by atoms with Gasteiger partial charge < -0.3 is 30.9 Å². The van der Waals surface area contributed by atoms with Crippen molar-refractivity contribution in [2.24, 2.45) is 5.73 Å². The molecule has 8 nitrogen and oxygen atoms in total. The minimum absolute atomic E-state index is 0.0590. The maximum absolute atomic E-state index is 13.1. The van der Waals surface area contributed by atoms with Gasteiger partial charge in [0.2, 0.25) is 5.91 Å². The maximum atomic E-state index is 13.1. The Labute approximate surface area is 205 Å². The van der Waals surface area contributed by atoms with Crippen molar-refractivity contribution in [2.45, 2.75) is 11.6 Å². The number of carbonyl (C=O) groups excluding carboxylic acids is 1. The number of aromatic carboxylic acids is 1. The van der Waals surface area contributed by atoms with Crippen molar-refractivity contribution in [1.29, 1.82) is 0 Å². The second kappa shape index (κ2) is 8.96. The van der Waals surface area contributed by atoms with Crippen LogP contribution in [0.5, 0.6) is 11.5 Å². The fourth-order valence-electron chi connectivity index (χ4n) is 4.30. The molecular formula is C24H21Cl2N3O5. The van der Waals surface area contributed by atoms with E-state index in [9.17, 15) is 14.7 Å². The molecule has 0 aliphatic carbocycles. The fraction of sp³-hybridized carbons (Fsp3) is 0.167. The smallest absolute Gasteiger partial charge is 0.335 e. The molecule has 2 atom stereocenters. The number of amides is 1. The summed E-state index contributed by atoms with van der Waals surface area (Å²) in [6, 6.07) is 14.5. The van der Waals surface area contributed by atoms with E-state index in [4.69, 9.17) is 38.4 Å². The molecule has 0 aromatic heterocycles. The maximum Gasteiger partial charge on any atom is 0.335 e. The Kier molecular flexibility index (Phi) is 6.20. The van der Waals surface area contributed by atoms with E-state index in [1.165, 1.54) is 26.4 Å².